The fourth-order valence-electron chi connectivity index (χ4n) is 1.59. The van der Waals surface area contributed by atoms with Crippen LogP contribution in [-0.2, 0) is 0 Å². The zero-order chi connectivity index (χ0) is 10.4. The van der Waals surface area contributed by atoms with Crippen LogP contribution < -0.4 is 28.5 Å². The Morgan fingerprint density at radius 2 is 2.20 bits per heavy atom. The van der Waals surface area contributed by atoms with Gasteiger partial charge in [0.1, 0.15) is 0 Å². The Bertz CT molecular complexity index is 472. The monoisotopic (exact) mass is 427 g/mol. The number of ketones is 1. The van der Waals surface area contributed by atoms with Crippen molar-refractivity contribution < 1.29 is 22.0 Å². The van der Waals surface area contributed by atoms with Gasteiger partial charge in [-0.2, -0.15) is 0 Å². The summed E-state index contributed by atoms with van der Waals surface area (Å²) in [6.07, 6.45) is 0. The van der Waals surface area contributed by atoms with Crippen LogP contribution in [0.15, 0.2) is 34.0 Å². The maximum atomic E-state index is 12.1. The summed E-state index contributed by atoms with van der Waals surface area (Å²) in [4.78, 5) is 12.1. The second-order valence-corrected chi connectivity index (χ2v) is 20.4. The summed E-state index contributed by atoms with van der Waals surface area (Å²) in [5, 5.41) is 0. The van der Waals surface area contributed by atoms with Crippen LogP contribution in [0.1, 0.15) is 17.9 Å². The molecular formula is C10H9I2N2O-. The molecule has 3 rings (SSSR count). The SMILES string of the molecule is NNC1=CI2[I-]C2c2ccccc2C1=O. The van der Waals surface area contributed by atoms with Gasteiger partial charge in [0.05, 0.1) is 0 Å². The molecule has 0 amide bonds. The first-order valence-corrected chi connectivity index (χ1v) is 14.5. The van der Waals surface area contributed by atoms with Gasteiger partial charge in [-0.05, 0) is 0 Å². The van der Waals surface area contributed by atoms with E-state index in [-0.39, 0.29) is 5.78 Å². The second kappa shape index (κ2) is 3.70. The van der Waals surface area contributed by atoms with E-state index in [1.165, 1.54) is 5.56 Å². The molecule has 15 heavy (non-hydrogen) atoms. The van der Waals surface area contributed by atoms with Gasteiger partial charge in [-0.15, -0.1) is 0 Å². The number of alkyl halides is 2. The maximum absolute atomic E-state index is 12.1. The molecular weight excluding hydrogens is 418 g/mol. The van der Waals surface area contributed by atoms with Gasteiger partial charge in [-0.3, -0.25) is 0 Å². The average molecular weight is 427 g/mol. The Morgan fingerprint density at radius 3 is 3.00 bits per heavy atom. The first-order valence-electron chi connectivity index (χ1n) is 4.45. The minimum atomic E-state index is -0.911. The van der Waals surface area contributed by atoms with Gasteiger partial charge >= 0.3 is 102 Å². The van der Waals surface area contributed by atoms with Crippen molar-refractivity contribution >= 4 is 21.6 Å². The molecule has 1 atom stereocenters. The molecule has 1 saturated heterocycles. The van der Waals surface area contributed by atoms with Crippen LogP contribution in [0.5, 0.6) is 0 Å². The van der Waals surface area contributed by atoms with Gasteiger partial charge in [0.15, 0.2) is 0 Å². The number of hydrogen-bond donors (Lipinski definition) is 2. The Labute approximate surface area is 101 Å². The number of carbonyl (C=O) groups excluding carboxylic acids is 1. The Balaban J connectivity index is 2.17. The predicted octanol–water partition coefficient (Wildman–Crippen LogP) is -1.29. The predicted molar refractivity (Wildman–Crippen MR) is 62.9 cm³/mol. The van der Waals surface area contributed by atoms with E-state index in [1.807, 2.05) is 18.2 Å². The van der Waals surface area contributed by atoms with E-state index in [9.17, 15) is 4.79 Å². The van der Waals surface area contributed by atoms with Crippen molar-refractivity contribution in [2.45, 2.75) is 1.93 Å². The van der Waals surface area contributed by atoms with Crippen LogP contribution >= 0.6 is 15.8 Å². The summed E-state index contributed by atoms with van der Waals surface area (Å²) in [5.74, 6) is 5.47. The van der Waals surface area contributed by atoms with Crippen molar-refractivity contribution in [1.29, 1.82) is 0 Å². The number of rotatable bonds is 1. The summed E-state index contributed by atoms with van der Waals surface area (Å²) in [6, 6.07) is 7.99. The first-order chi connectivity index (χ1) is 7.31. The van der Waals surface area contributed by atoms with E-state index in [2.05, 4.69) is 15.6 Å². The number of allylic oxidation sites excluding steroid dienone is 1. The summed E-state index contributed by atoms with van der Waals surface area (Å²) in [5.41, 5.74) is 5.35. The van der Waals surface area contributed by atoms with Gasteiger partial charge in [0.25, 0.3) is 0 Å². The quantitative estimate of drug-likeness (QED) is 0.254. The number of hydrogen-bond acceptors (Lipinski definition) is 3. The average Bonchev–Trinajstić information content (AvgIpc) is 3.04. The van der Waals surface area contributed by atoms with Crippen molar-refractivity contribution in [2.24, 2.45) is 5.84 Å². The van der Waals surface area contributed by atoms with Gasteiger partial charge in [-0.25, -0.2) is 0 Å². The number of nitrogens with one attached hydrogen (secondary N) is 1. The number of nitrogens with two attached hydrogens (primary N) is 1. The summed E-state index contributed by atoms with van der Waals surface area (Å²) in [6.45, 7) is 0. The number of carbonyl (C=O) groups is 1. The van der Waals surface area contributed by atoms with Crippen LogP contribution in [-0.4, -0.2) is 5.78 Å². The van der Waals surface area contributed by atoms with Crippen molar-refractivity contribution in [3.63, 3.8) is 0 Å². The van der Waals surface area contributed by atoms with E-state index in [0.29, 0.717) is 22.9 Å². The molecule has 0 spiro atoms. The molecule has 1 aromatic carbocycles. The fraction of sp³-hybridized carbons (Fsp3) is 0.100. The number of halogens is 2. The van der Waals surface area contributed by atoms with Crippen LogP contribution in [0.4, 0.5) is 0 Å². The van der Waals surface area contributed by atoms with E-state index in [1.54, 1.807) is 0 Å². The van der Waals surface area contributed by atoms with Crippen molar-refractivity contribution in [3.8, 4) is 0 Å². The van der Waals surface area contributed by atoms with Crippen molar-refractivity contribution in [1.82, 2.24) is 5.43 Å². The van der Waals surface area contributed by atoms with Crippen molar-refractivity contribution in [3.05, 3.63) is 45.2 Å². The molecule has 3 N–H and O–H groups in total. The Kier molecular flexibility index (Phi) is 2.48. The molecule has 0 aliphatic carbocycles. The van der Waals surface area contributed by atoms with Gasteiger partial charge in [0, 0.05) is 0 Å². The number of hydrazine groups is 1. The van der Waals surface area contributed by atoms with Gasteiger partial charge < -0.3 is 0 Å². The van der Waals surface area contributed by atoms with Crippen LogP contribution in [0, 0.1) is 0 Å². The second-order valence-electron chi connectivity index (χ2n) is 3.26. The minimum absolute atomic E-state index is 0.0709. The summed E-state index contributed by atoms with van der Waals surface area (Å²) in [7, 11) is 0. The van der Waals surface area contributed by atoms with E-state index < -0.39 is 15.8 Å². The molecule has 0 saturated carbocycles. The van der Waals surface area contributed by atoms with Gasteiger partial charge in [0.2, 0.25) is 0 Å². The molecule has 0 bridgehead atoms. The molecule has 0 radical (unpaired) electrons. The standard InChI is InChI=1S/C10H9I2N2O/c13-14-8-5-12-10(11-12)7-4-2-1-3-6(7)9(8)15/h1-5,10,14H,13H2/q-1. The number of Topliss-reactive ketones (excluding diaryl/α,β-unsaturated/α-hetero) is 1. The topological polar surface area (TPSA) is 55.1 Å². The Morgan fingerprint density at radius 1 is 1.40 bits per heavy atom. The van der Waals surface area contributed by atoms with Gasteiger partial charge in [-0.1, -0.05) is 0 Å². The molecule has 5 heteroatoms. The third-order valence-electron chi connectivity index (χ3n) is 2.38. The van der Waals surface area contributed by atoms with E-state index in [0.717, 1.165) is 7.49 Å². The molecule has 0 aromatic heterocycles. The van der Waals surface area contributed by atoms with Crippen LogP contribution in [0.3, 0.4) is 0 Å². The number of benzene rings is 1. The normalized spacial score (nSPS) is 25.4. The number of fused-ring (bicyclic) bond motifs is 3. The third-order valence-corrected chi connectivity index (χ3v) is 18.3. The molecule has 2 aliphatic rings. The molecule has 2 heterocycles. The van der Waals surface area contributed by atoms with Crippen LogP contribution in [0.25, 0.3) is 0 Å². The third kappa shape index (κ3) is 1.60. The van der Waals surface area contributed by atoms with E-state index >= 15 is 0 Å². The first kappa shape index (κ1) is 10.0. The summed E-state index contributed by atoms with van der Waals surface area (Å²) >= 11 is -0.567. The Hall–Kier alpha value is -0.150. The van der Waals surface area contributed by atoms with E-state index in [4.69, 9.17) is 5.84 Å². The zero-order valence-corrected chi connectivity index (χ0v) is 12.0. The molecule has 1 aromatic rings. The van der Waals surface area contributed by atoms with Crippen LogP contribution in [0.2, 0.25) is 0 Å². The molecule has 1 fully saturated rings. The fourth-order valence-corrected chi connectivity index (χ4v) is 19.4. The molecule has 80 valence electrons. The molecule has 3 nitrogen and oxygen atoms in total. The molecule has 1 unspecified atom stereocenters. The molecule has 2 aliphatic heterocycles. The zero-order valence-electron chi connectivity index (χ0n) is 7.71. The summed E-state index contributed by atoms with van der Waals surface area (Å²) < 4.78 is 2.96. The van der Waals surface area contributed by atoms with Crippen molar-refractivity contribution in [2.75, 3.05) is 0 Å².